The van der Waals surface area contributed by atoms with Crippen molar-refractivity contribution in [3.8, 4) is 22.6 Å². The molecule has 0 bridgehead atoms. The minimum atomic E-state index is -0.638. The summed E-state index contributed by atoms with van der Waals surface area (Å²) in [6, 6.07) is 14.1. The zero-order chi connectivity index (χ0) is 25.9. The summed E-state index contributed by atoms with van der Waals surface area (Å²) < 4.78 is 5.84. The maximum atomic E-state index is 13.4. The zero-order valence-corrected chi connectivity index (χ0v) is 20.4. The fraction of sp³-hybridized carbons (Fsp3) is 0.240. The molecule has 1 aliphatic rings. The van der Waals surface area contributed by atoms with Gasteiger partial charge in [0, 0.05) is 29.4 Å². The van der Waals surface area contributed by atoms with Gasteiger partial charge >= 0.3 is 5.76 Å². The van der Waals surface area contributed by atoms with Crippen LogP contribution in [0.2, 0.25) is 5.15 Å². The number of aromatic nitrogens is 4. The van der Waals surface area contributed by atoms with Gasteiger partial charge in [0.15, 0.2) is 16.8 Å². The predicted octanol–water partition coefficient (Wildman–Crippen LogP) is 2.77. The smallest absolute Gasteiger partial charge is 0.399 e. The van der Waals surface area contributed by atoms with E-state index in [1.54, 1.807) is 48.5 Å². The van der Waals surface area contributed by atoms with E-state index < -0.39 is 11.3 Å². The number of rotatable bonds is 8. The summed E-state index contributed by atoms with van der Waals surface area (Å²) in [5.41, 5.74) is 8.38. The summed E-state index contributed by atoms with van der Waals surface area (Å²) >= 11 is 6.54. The van der Waals surface area contributed by atoms with Crippen molar-refractivity contribution < 1.29 is 9.32 Å². The molecule has 1 aliphatic carbocycles. The summed E-state index contributed by atoms with van der Waals surface area (Å²) in [7, 11) is 0. The molecule has 37 heavy (non-hydrogen) atoms. The topological polar surface area (TPSA) is 161 Å². The Balaban J connectivity index is 1.36. The van der Waals surface area contributed by atoms with Crippen molar-refractivity contribution in [1.29, 1.82) is 0 Å². The van der Waals surface area contributed by atoms with E-state index in [4.69, 9.17) is 17.3 Å². The second-order valence-corrected chi connectivity index (χ2v) is 9.16. The van der Waals surface area contributed by atoms with Gasteiger partial charge < -0.3 is 16.4 Å². The fourth-order valence-corrected chi connectivity index (χ4v) is 4.32. The van der Waals surface area contributed by atoms with Gasteiger partial charge in [-0.3, -0.25) is 23.7 Å². The molecule has 1 fully saturated rings. The van der Waals surface area contributed by atoms with Gasteiger partial charge in [-0.25, -0.2) is 9.78 Å². The number of benzene rings is 2. The van der Waals surface area contributed by atoms with Gasteiger partial charge in [0.2, 0.25) is 5.91 Å². The molecule has 0 saturated heterocycles. The van der Waals surface area contributed by atoms with Crippen molar-refractivity contribution in [2.75, 3.05) is 11.1 Å². The number of nitrogens with one attached hydrogen (secondary N) is 3. The lowest BCUT2D eigenvalue weighted by Crippen LogP contribution is -2.37. The molecule has 5 rings (SSSR count). The van der Waals surface area contributed by atoms with Crippen molar-refractivity contribution in [3.05, 3.63) is 80.2 Å². The molecule has 4 aromatic rings. The number of halogens is 1. The Hall–Kier alpha value is -4.38. The van der Waals surface area contributed by atoms with Gasteiger partial charge in [-0.15, -0.1) is 0 Å². The number of carbonyl (C=O) groups excluding carboxylic acids is 1. The number of hydrogen-bond acceptors (Lipinski definition) is 8. The number of hydrogen-bond donors (Lipinski definition) is 4. The average molecular weight is 522 g/mol. The Bertz CT molecular complexity index is 1550. The molecule has 12 heteroatoms. The lowest BCUT2D eigenvalue weighted by atomic mass is 9.93. The van der Waals surface area contributed by atoms with Crippen molar-refractivity contribution in [1.82, 2.24) is 25.0 Å². The molecule has 2 aromatic carbocycles. The number of nitrogens with two attached hydrogens (primary N) is 1. The number of amides is 1. The molecule has 190 valence electrons. The molecule has 5 N–H and O–H groups in total. The summed E-state index contributed by atoms with van der Waals surface area (Å²) in [5.74, 6) is -0.581. The quantitative estimate of drug-likeness (QED) is 0.257. The molecular weight excluding hydrogens is 498 g/mol. The summed E-state index contributed by atoms with van der Waals surface area (Å²) in [6.45, 7) is -0.0361. The molecule has 0 unspecified atom stereocenters. The maximum absolute atomic E-state index is 13.4. The van der Waals surface area contributed by atoms with E-state index in [-0.39, 0.29) is 36.0 Å². The van der Waals surface area contributed by atoms with E-state index in [2.05, 4.69) is 30.3 Å². The third-order valence-electron chi connectivity index (χ3n) is 6.19. The van der Waals surface area contributed by atoms with Gasteiger partial charge in [0.1, 0.15) is 6.54 Å². The van der Waals surface area contributed by atoms with Crippen LogP contribution in [0.1, 0.15) is 24.8 Å². The number of carbonyl (C=O) groups is 1. The van der Waals surface area contributed by atoms with E-state index in [0.717, 1.165) is 24.8 Å². The molecule has 0 spiro atoms. The SMILES string of the molecule is Nc1cccc(-c2c(Cl)nc(NC3CCC3)c(=O)n2CC(=O)NCc2ccc(-c3noc(=O)[nH]3)cc2)c1. The third-order valence-corrected chi connectivity index (χ3v) is 6.45. The monoisotopic (exact) mass is 521 g/mol. The summed E-state index contributed by atoms with van der Waals surface area (Å²) in [4.78, 5) is 44.3. The van der Waals surface area contributed by atoms with Crippen LogP contribution in [0.15, 0.2) is 62.6 Å². The second kappa shape index (κ2) is 10.3. The third kappa shape index (κ3) is 5.41. The first kappa shape index (κ1) is 24.3. The van der Waals surface area contributed by atoms with Crippen molar-refractivity contribution in [3.63, 3.8) is 0 Å². The van der Waals surface area contributed by atoms with Crippen LogP contribution in [0.25, 0.3) is 22.6 Å². The van der Waals surface area contributed by atoms with Crippen LogP contribution in [0, 0.1) is 0 Å². The fourth-order valence-electron chi connectivity index (χ4n) is 4.03. The van der Waals surface area contributed by atoms with Crippen LogP contribution in [0.5, 0.6) is 0 Å². The average Bonchev–Trinajstić information content (AvgIpc) is 3.29. The van der Waals surface area contributed by atoms with Crippen LogP contribution in [0.4, 0.5) is 11.5 Å². The first-order valence-electron chi connectivity index (χ1n) is 11.7. The number of nitrogen functional groups attached to an aromatic ring is 1. The van der Waals surface area contributed by atoms with Crippen molar-refractivity contribution in [2.45, 2.75) is 38.4 Å². The Morgan fingerprint density at radius 2 is 1.95 bits per heavy atom. The Morgan fingerprint density at radius 1 is 1.16 bits per heavy atom. The Kier molecular flexibility index (Phi) is 6.78. The number of H-pyrrole nitrogens is 1. The van der Waals surface area contributed by atoms with E-state index in [1.165, 1.54) is 4.57 Å². The number of anilines is 2. The highest BCUT2D eigenvalue weighted by molar-refractivity contribution is 6.32. The van der Waals surface area contributed by atoms with E-state index >= 15 is 0 Å². The highest BCUT2D eigenvalue weighted by Gasteiger charge is 2.23. The van der Waals surface area contributed by atoms with Gasteiger partial charge in [0.25, 0.3) is 5.56 Å². The first-order valence-corrected chi connectivity index (χ1v) is 12.1. The molecule has 1 amide bonds. The van der Waals surface area contributed by atoms with Gasteiger partial charge in [-0.2, -0.15) is 0 Å². The van der Waals surface area contributed by atoms with Gasteiger partial charge in [-0.05, 0) is 37.0 Å². The van der Waals surface area contributed by atoms with Gasteiger partial charge in [-0.1, -0.05) is 53.2 Å². The lowest BCUT2D eigenvalue weighted by molar-refractivity contribution is -0.121. The molecule has 0 atom stereocenters. The van der Waals surface area contributed by atoms with Crippen molar-refractivity contribution >= 4 is 29.0 Å². The highest BCUT2D eigenvalue weighted by atomic mass is 35.5. The minimum Gasteiger partial charge on any atom is -0.399 e. The summed E-state index contributed by atoms with van der Waals surface area (Å²) in [5, 5.41) is 9.73. The largest absolute Gasteiger partial charge is 0.439 e. The standard InChI is InChI=1S/C25H24ClN7O4/c26-21-20(16-3-1-4-17(27)11-16)33(24(35)23(30-21)29-18-5-2-6-18)13-19(34)28-12-14-7-9-15(10-8-14)22-31-25(36)37-32-22/h1,3-4,7-11,18H,2,5-6,12-13,27H2,(H,28,34)(H,29,30)(H,31,32,36). The van der Waals surface area contributed by atoms with Crippen molar-refractivity contribution in [2.24, 2.45) is 0 Å². The number of aromatic amines is 1. The first-order chi connectivity index (χ1) is 17.9. The van der Waals surface area contributed by atoms with Crippen LogP contribution in [-0.4, -0.2) is 31.6 Å². The van der Waals surface area contributed by atoms with Crippen LogP contribution >= 0.6 is 11.6 Å². The summed E-state index contributed by atoms with van der Waals surface area (Å²) in [6.07, 6.45) is 2.98. The van der Waals surface area contributed by atoms with Crippen LogP contribution in [0.3, 0.4) is 0 Å². The Morgan fingerprint density at radius 3 is 2.59 bits per heavy atom. The van der Waals surface area contributed by atoms with Crippen LogP contribution < -0.4 is 27.7 Å². The molecular formula is C25H24ClN7O4. The molecule has 0 aliphatic heterocycles. The van der Waals surface area contributed by atoms with Crippen LogP contribution in [-0.2, 0) is 17.9 Å². The van der Waals surface area contributed by atoms with Gasteiger partial charge in [0.05, 0.1) is 5.69 Å². The maximum Gasteiger partial charge on any atom is 0.439 e. The molecule has 2 heterocycles. The number of nitrogens with zero attached hydrogens (tertiary/aromatic N) is 3. The molecule has 2 aromatic heterocycles. The van der Waals surface area contributed by atoms with E-state index in [1.807, 2.05) is 0 Å². The van der Waals surface area contributed by atoms with E-state index in [9.17, 15) is 14.4 Å². The molecule has 11 nitrogen and oxygen atoms in total. The highest BCUT2D eigenvalue weighted by Crippen LogP contribution is 2.29. The van der Waals surface area contributed by atoms with E-state index in [0.29, 0.717) is 28.3 Å². The molecule has 1 saturated carbocycles. The normalized spacial score (nSPS) is 13.2. The second-order valence-electron chi connectivity index (χ2n) is 8.81. The minimum absolute atomic E-state index is 0.0984. The predicted molar refractivity (Wildman–Crippen MR) is 139 cm³/mol. The molecule has 0 radical (unpaired) electrons. The zero-order valence-electron chi connectivity index (χ0n) is 19.7. The lowest BCUT2D eigenvalue weighted by Gasteiger charge is -2.27. The Labute approximate surface area is 215 Å².